The second-order valence-corrected chi connectivity index (χ2v) is 2.08. The number of rotatable bonds is 0. The Kier molecular flexibility index (Phi) is 6.53. The highest BCUT2D eigenvalue weighted by molar-refractivity contribution is 7.79. The number of nitrogens with two attached hydrogens (primary N) is 1. The van der Waals surface area contributed by atoms with Crippen LogP contribution in [0.5, 0.6) is 0 Å². The quantitative estimate of drug-likeness (QED) is 0.0994. The number of oxime groups is 1. The molecule has 0 aromatic carbocycles. The van der Waals surface area contributed by atoms with Crippen molar-refractivity contribution in [1.82, 2.24) is 5.32 Å². The summed E-state index contributed by atoms with van der Waals surface area (Å²) in [5.74, 6) is 0.0231. The number of guanidine groups is 1. The second-order valence-electron chi connectivity index (χ2n) is 1.18. The minimum Gasteiger partial charge on any atom is -0.408 e. The van der Waals surface area contributed by atoms with E-state index in [0.717, 1.165) is 0 Å². The molecule has 9 heteroatoms. The van der Waals surface area contributed by atoms with Crippen molar-refractivity contribution in [1.29, 1.82) is 0 Å². The Morgan fingerprint density at radius 1 is 1.55 bits per heavy atom. The average molecular weight is 187 g/mol. The van der Waals surface area contributed by atoms with E-state index in [-0.39, 0.29) is 5.96 Å². The molecule has 0 aromatic rings. The first-order chi connectivity index (χ1) is 4.81. The zero-order valence-electron chi connectivity index (χ0n) is 5.59. The van der Waals surface area contributed by atoms with Crippen molar-refractivity contribution in [2.45, 2.75) is 0 Å². The summed E-state index contributed by atoms with van der Waals surface area (Å²) in [6.07, 6.45) is 0. The molecule has 0 unspecified atom stereocenters. The molecule has 0 aromatic heterocycles. The van der Waals surface area contributed by atoms with Crippen molar-refractivity contribution >= 4 is 16.4 Å². The van der Waals surface area contributed by atoms with Crippen LogP contribution in [0.3, 0.4) is 0 Å². The topological polar surface area (TPSA) is 145 Å². The van der Waals surface area contributed by atoms with Crippen molar-refractivity contribution in [2.75, 3.05) is 7.05 Å². The van der Waals surface area contributed by atoms with Gasteiger partial charge in [-0.1, -0.05) is 5.16 Å². The highest BCUT2D eigenvalue weighted by Gasteiger charge is 1.84. The molecule has 0 aliphatic heterocycles. The molecule has 0 amide bonds. The number of hydrogen-bond acceptors (Lipinski definition) is 4. The number of nitrogens with zero attached hydrogens (tertiary/aromatic N) is 1. The van der Waals surface area contributed by atoms with E-state index in [1.54, 1.807) is 7.05 Å². The van der Waals surface area contributed by atoms with Gasteiger partial charge in [0.05, 0.1) is 0 Å². The van der Waals surface area contributed by atoms with Gasteiger partial charge >= 0.3 is 10.4 Å². The van der Waals surface area contributed by atoms with Crippen LogP contribution >= 0.6 is 0 Å². The van der Waals surface area contributed by atoms with Gasteiger partial charge in [0.15, 0.2) is 0 Å². The van der Waals surface area contributed by atoms with Crippen molar-refractivity contribution in [2.24, 2.45) is 10.9 Å². The highest BCUT2D eigenvalue weighted by atomic mass is 32.3. The SMILES string of the molecule is CNC(N)=NO.O=S(=O)(O)O. The summed E-state index contributed by atoms with van der Waals surface area (Å²) in [4.78, 5) is 0. The molecular weight excluding hydrogens is 178 g/mol. The van der Waals surface area contributed by atoms with E-state index in [1.807, 2.05) is 0 Å². The number of nitrogens with one attached hydrogen (secondary N) is 1. The number of hydrogen-bond donors (Lipinski definition) is 5. The molecule has 0 saturated heterocycles. The molecule has 0 heterocycles. The van der Waals surface area contributed by atoms with E-state index < -0.39 is 10.4 Å². The fourth-order valence-electron chi connectivity index (χ4n) is 0.0500. The van der Waals surface area contributed by atoms with Crippen LogP contribution in [0, 0.1) is 0 Å². The van der Waals surface area contributed by atoms with E-state index in [0.29, 0.717) is 0 Å². The third-order valence-electron chi connectivity index (χ3n) is 0.364. The van der Waals surface area contributed by atoms with Crippen LogP contribution < -0.4 is 11.1 Å². The van der Waals surface area contributed by atoms with Gasteiger partial charge in [0.25, 0.3) is 0 Å². The maximum Gasteiger partial charge on any atom is 0.394 e. The summed E-state index contributed by atoms with van der Waals surface area (Å²) >= 11 is 0. The average Bonchev–Trinajstić information content (AvgIpc) is 1.83. The van der Waals surface area contributed by atoms with E-state index >= 15 is 0 Å². The van der Waals surface area contributed by atoms with Gasteiger partial charge in [-0.15, -0.1) is 0 Å². The van der Waals surface area contributed by atoms with Gasteiger partial charge in [0.2, 0.25) is 5.96 Å². The normalized spacial score (nSPS) is 11.4. The minimum absolute atomic E-state index is 0.0231. The summed E-state index contributed by atoms with van der Waals surface area (Å²) in [5.41, 5.74) is 4.86. The molecular formula is C2H9N3O5S. The first-order valence-corrected chi connectivity index (χ1v) is 3.56. The molecule has 0 bridgehead atoms. The van der Waals surface area contributed by atoms with E-state index in [9.17, 15) is 0 Å². The van der Waals surface area contributed by atoms with Gasteiger partial charge in [-0.25, -0.2) is 0 Å². The van der Waals surface area contributed by atoms with Gasteiger partial charge < -0.3 is 16.3 Å². The van der Waals surface area contributed by atoms with Crippen molar-refractivity contribution < 1.29 is 22.7 Å². The standard InChI is InChI=1S/C2H7N3O.H2O4S/c1-4-2(3)5-6;1-5(2,3)4/h6H,1H3,(H3,3,4,5);(H2,1,2,3,4). The monoisotopic (exact) mass is 187 g/mol. The van der Waals surface area contributed by atoms with Crippen molar-refractivity contribution in [3.63, 3.8) is 0 Å². The molecule has 0 atom stereocenters. The van der Waals surface area contributed by atoms with Crippen LogP contribution in [0.15, 0.2) is 5.16 Å². The fraction of sp³-hybridized carbons (Fsp3) is 0.500. The van der Waals surface area contributed by atoms with Crippen LogP contribution in [-0.4, -0.2) is 35.7 Å². The molecule has 0 radical (unpaired) electrons. The Balaban J connectivity index is 0. The first kappa shape index (κ1) is 12.6. The molecule has 0 aliphatic carbocycles. The summed E-state index contributed by atoms with van der Waals surface area (Å²) in [7, 11) is -3.10. The van der Waals surface area contributed by atoms with E-state index in [2.05, 4.69) is 10.5 Å². The van der Waals surface area contributed by atoms with Gasteiger partial charge in [0, 0.05) is 7.05 Å². The van der Waals surface area contributed by atoms with Gasteiger partial charge in [-0.3, -0.25) is 9.11 Å². The van der Waals surface area contributed by atoms with Gasteiger partial charge in [-0.05, 0) is 0 Å². The zero-order chi connectivity index (χ0) is 9.49. The predicted molar refractivity (Wildman–Crippen MR) is 36.6 cm³/mol. The van der Waals surface area contributed by atoms with Gasteiger partial charge in [-0.2, -0.15) is 8.42 Å². The molecule has 11 heavy (non-hydrogen) atoms. The smallest absolute Gasteiger partial charge is 0.394 e. The molecule has 8 nitrogen and oxygen atoms in total. The summed E-state index contributed by atoms with van der Waals surface area (Å²) in [5, 5.41) is 12.7. The Labute approximate surface area is 63.3 Å². The van der Waals surface area contributed by atoms with Gasteiger partial charge in [0.1, 0.15) is 0 Å². The highest BCUT2D eigenvalue weighted by Crippen LogP contribution is 1.59. The molecule has 0 rings (SSSR count). The lowest BCUT2D eigenvalue weighted by Gasteiger charge is -1.88. The maximum absolute atomic E-state index is 8.74. The zero-order valence-corrected chi connectivity index (χ0v) is 6.41. The molecule has 0 fully saturated rings. The Morgan fingerprint density at radius 2 is 1.82 bits per heavy atom. The third-order valence-corrected chi connectivity index (χ3v) is 0.364. The molecule has 6 N–H and O–H groups in total. The van der Waals surface area contributed by atoms with Crippen molar-refractivity contribution in [3.8, 4) is 0 Å². The predicted octanol–water partition coefficient (Wildman–Crippen LogP) is -1.74. The molecule has 68 valence electrons. The van der Waals surface area contributed by atoms with Crippen LogP contribution in [0.4, 0.5) is 0 Å². The van der Waals surface area contributed by atoms with Crippen LogP contribution in [0.25, 0.3) is 0 Å². The largest absolute Gasteiger partial charge is 0.408 e. The lowest BCUT2D eigenvalue weighted by Crippen LogP contribution is -2.27. The molecule has 0 spiro atoms. The van der Waals surface area contributed by atoms with Crippen molar-refractivity contribution in [3.05, 3.63) is 0 Å². The third kappa shape index (κ3) is 49.8. The Hall–Kier alpha value is -1.06. The summed E-state index contributed by atoms with van der Waals surface area (Å²) in [6.45, 7) is 0. The Morgan fingerprint density at radius 3 is 1.82 bits per heavy atom. The Bertz CT molecular complexity index is 200. The lowest BCUT2D eigenvalue weighted by molar-refractivity contribution is 0.316. The molecule has 0 saturated carbocycles. The van der Waals surface area contributed by atoms with E-state index in [1.165, 1.54) is 0 Å². The maximum atomic E-state index is 8.74. The summed E-state index contributed by atoms with van der Waals surface area (Å²) in [6, 6.07) is 0. The first-order valence-electron chi connectivity index (χ1n) is 2.16. The van der Waals surface area contributed by atoms with Crippen LogP contribution in [0.2, 0.25) is 0 Å². The van der Waals surface area contributed by atoms with E-state index in [4.69, 9.17) is 28.5 Å². The van der Waals surface area contributed by atoms with Crippen LogP contribution in [0.1, 0.15) is 0 Å². The molecule has 0 aliphatic rings. The second kappa shape index (κ2) is 5.70. The summed E-state index contributed by atoms with van der Waals surface area (Å²) < 4.78 is 31.6. The lowest BCUT2D eigenvalue weighted by atomic mass is 11.0. The minimum atomic E-state index is -4.67. The van der Waals surface area contributed by atoms with Crippen LogP contribution in [-0.2, 0) is 10.4 Å². The fourth-order valence-corrected chi connectivity index (χ4v) is 0.0500.